The van der Waals surface area contributed by atoms with Crippen molar-refractivity contribution in [3.05, 3.63) is 89.5 Å². The van der Waals surface area contributed by atoms with Crippen LogP contribution in [0.1, 0.15) is 31.5 Å². The number of carbonyl (C=O) groups is 1. The molecular formula is C30H23FN4O. The van der Waals surface area contributed by atoms with Crippen molar-refractivity contribution in [2.45, 2.75) is 32.1 Å². The molecule has 5 nitrogen and oxygen atoms in total. The highest BCUT2D eigenvalue weighted by Gasteiger charge is 2.49. The quantitative estimate of drug-likeness (QED) is 0.357. The van der Waals surface area contributed by atoms with Gasteiger partial charge in [-0.15, -0.1) is 0 Å². The van der Waals surface area contributed by atoms with Gasteiger partial charge in [-0.25, -0.2) is 14.4 Å². The van der Waals surface area contributed by atoms with Crippen LogP contribution in [0.2, 0.25) is 0 Å². The number of Topliss-reactive ketones (excluding diaryl/α,β-unsaturated/α-hetero) is 1. The summed E-state index contributed by atoms with van der Waals surface area (Å²) in [5, 5.41) is 10.6. The second-order valence-electron chi connectivity index (χ2n) is 9.83. The highest BCUT2D eigenvalue weighted by molar-refractivity contribution is 6.02. The van der Waals surface area contributed by atoms with Gasteiger partial charge in [-0.1, -0.05) is 50.3 Å². The fraction of sp³-hybridized carbons (Fsp3) is 0.233. The fourth-order valence-corrected chi connectivity index (χ4v) is 6.06. The van der Waals surface area contributed by atoms with E-state index in [-0.39, 0.29) is 29.0 Å². The second-order valence-corrected chi connectivity index (χ2v) is 9.83. The maximum Gasteiger partial charge on any atom is 0.176 e. The summed E-state index contributed by atoms with van der Waals surface area (Å²) >= 11 is 0. The first-order valence-corrected chi connectivity index (χ1v) is 12.1. The van der Waals surface area contributed by atoms with Crippen LogP contribution < -0.4 is 0 Å². The van der Waals surface area contributed by atoms with Gasteiger partial charge >= 0.3 is 0 Å². The number of allylic oxidation sites excluding steroid dienone is 2. The van der Waals surface area contributed by atoms with Crippen molar-refractivity contribution >= 4 is 16.7 Å². The van der Waals surface area contributed by atoms with Gasteiger partial charge in [-0.2, -0.15) is 5.26 Å². The Morgan fingerprint density at radius 3 is 2.64 bits per heavy atom. The molecule has 0 bridgehead atoms. The molecule has 6 rings (SSSR count). The molecule has 0 unspecified atom stereocenters. The monoisotopic (exact) mass is 474 g/mol. The molecule has 0 saturated heterocycles. The number of carbonyl (C=O) groups excluding carboxylic acids is 1. The topological polar surface area (TPSA) is 79.5 Å². The minimum atomic E-state index is -0.660. The molecule has 4 aromatic rings. The van der Waals surface area contributed by atoms with Crippen LogP contribution in [0.15, 0.2) is 72.4 Å². The molecule has 0 N–H and O–H groups in total. The van der Waals surface area contributed by atoms with Crippen molar-refractivity contribution in [2.24, 2.45) is 11.8 Å². The normalized spacial score (nSPS) is 22.9. The van der Waals surface area contributed by atoms with Gasteiger partial charge < -0.3 is 0 Å². The summed E-state index contributed by atoms with van der Waals surface area (Å²) in [6.45, 7) is 3.94. The van der Waals surface area contributed by atoms with Crippen LogP contribution in [-0.2, 0) is 16.6 Å². The van der Waals surface area contributed by atoms with Crippen LogP contribution in [0.25, 0.3) is 33.5 Å². The number of fused-ring (bicyclic) bond motifs is 4. The van der Waals surface area contributed by atoms with Gasteiger partial charge in [-0.05, 0) is 43.0 Å². The van der Waals surface area contributed by atoms with E-state index in [1.165, 1.54) is 6.07 Å². The zero-order valence-corrected chi connectivity index (χ0v) is 20.0. The molecule has 2 aliphatic carbocycles. The molecule has 0 fully saturated rings. The van der Waals surface area contributed by atoms with Crippen LogP contribution in [0.3, 0.4) is 0 Å². The van der Waals surface area contributed by atoms with Crippen LogP contribution in [0.4, 0.5) is 4.39 Å². The van der Waals surface area contributed by atoms with E-state index in [0.717, 1.165) is 34.1 Å². The summed E-state index contributed by atoms with van der Waals surface area (Å²) < 4.78 is 15.1. The number of rotatable bonds is 2. The Hall–Kier alpha value is -4.24. The molecule has 0 amide bonds. The number of pyridine rings is 1. The molecule has 176 valence electrons. The molecule has 2 aromatic carbocycles. The first-order valence-electron chi connectivity index (χ1n) is 12.1. The van der Waals surface area contributed by atoms with Crippen molar-refractivity contribution in [3.63, 3.8) is 0 Å². The highest BCUT2D eigenvalue weighted by atomic mass is 19.1. The van der Waals surface area contributed by atoms with Crippen LogP contribution >= 0.6 is 0 Å². The molecule has 2 heterocycles. The molecule has 2 aliphatic rings. The minimum absolute atomic E-state index is 0.0139. The van der Waals surface area contributed by atoms with Gasteiger partial charge in [0.2, 0.25) is 0 Å². The Balaban J connectivity index is 1.70. The smallest absolute Gasteiger partial charge is 0.176 e. The number of ketones is 1. The van der Waals surface area contributed by atoms with Gasteiger partial charge in [0, 0.05) is 39.6 Å². The Kier molecular flexibility index (Phi) is 5.04. The lowest BCUT2D eigenvalue weighted by molar-refractivity contribution is -0.121. The largest absolute Gasteiger partial charge is 0.293 e. The number of para-hydroxylation sites is 1. The minimum Gasteiger partial charge on any atom is -0.293 e. The van der Waals surface area contributed by atoms with E-state index in [0.29, 0.717) is 23.5 Å². The Labute approximate surface area is 208 Å². The lowest BCUT2D eigenvalue weighted by Crippen LogP contribution is -2.46. The third-order valence-corrected chi connectivity index (χ3v) is 7.86. The Bertz CT molecular complexity index is 1630. The molecule has 0 radical (unpaired) electrons. The first kappa shape index (κ1) is 22.2. The maximum atomic E-state index is 15.1. The van der Waals surface area contributed by atoms with Gasteiger partial charge in [-0.3, -0.25) is 9.78 Å². The summed E-state index contributed by atoms with van der Waals surface area (Å²) in [7, 11) is 0. The summed E-state index contributed by atoms with van der Waals surface area (Å²) in [6, 6.07) is 18.4. The molecular weight excluding hydrogens is 451 g/mol. The third-order valence-electron chi connectivity index (χ3n) is 7.86. The van der Waals surface area contributed by atoms with Crippen molar-refractivity contribution in [3.8, 4) is 28.7 Å². The fourth-order valence-electron chi connectivity index (χ4n) is 6.06. The molecule has 0 saturated carbocycles. The van der Waals surface area contributed by atoms with E-state index in [1.54, 1.807) is 30.5 Å². The molecule has 2 aromatic heterocycles. The highest BCUT2D eigenvalue weighted by Crippen LogP contribution is 2.51. The maximum absolute atomic E-state index is 15.1. The van der Waals surface area contributed by atoms with Gasteiger partial charge in [0.25, 0.3) is 0 Å². The standard InChI is InChI=1S/C30H23FN4O/c1-17-23-12-11-22-26(21-8-3-5-9-24(21)31)34-29(20-13-14-33-25-10-6-4-7-19(20)25)35-28(22)30(23,2)15-18(16-32)27(17)36/h3-10,13-15,17,23H,11-12H2,1-2H3/t17-,23+,30-/m1/s1. The second kappa shape index (κ2) is 8.17. The van der Waals surface area contributed by atoms with E-state index >= 15 is 4.39 Å². The van der Waals surface area contributed by atoms with Crippen LogP contribution in [-0.4, -0.2) is 20.7 Å². The predicted molar refractivity (Wildman–Crippen MR) is 135 cm³/mol. The lowest BCUT2D eigenvalue weighted by Gasteiger charge is -2.45. The SMILES string of the molecule is C[C@H]1C(=O)C(C#N)=C[C@@]2(C)c3nc(-c4ccnc5ccccc45)nc(-c4ccccc4F)c3CC[C@@H]12. The van der Waals surface area contributed by atoms with Crippen LogP contribution in [0, 0.1) is 29.0 Å². The van der Waals surface area contributed by atoms with Crippen molar-refractivity contribution in [1.82, 2.24) is 15.0 Å². The average Bonchev–Trinajstić information content (AvgIpc) is 2.90. The number of nitriles is 1. The van der Waals surface area contributed by atoms with Crippen LogP contribution in [0.5, 0.6) is 0 Å². The van der Waals surface area contributed by atoms with E-state index in [1.807, 2.05) is 44.2 Å². The van der Waals surface area contributed by atoms with Crippen molar-refractivity contribution in [2.75, 3.05) is 0 Å². The molecule has 3 atom stereocenters. The molecule has 36 heavy (non-hydrogen) atoms. The summed E-state index contributed by atoms with van der Waals surface area (Å²) in [5.41, 5.74) is 3.73. The average molecular weight is 475 g/mol. The van der Waals surface area contributed by atoms with E-state index in [4.69, 9.17) is 9.97 Å². The number of hydrogen-bond acceptors (Lipinski definition) is 5. The van der Waals surface area contributed by atoms with Gasteiger partial charge in [0.15, 0.2) is 11.6 Å². The van der Waals surface area contributed by atoms with Gasteiger partial charge in [0.1, 0.15) is 11.9 Å². The summed E-state index contributed by atoms with van der Waals surface area (Å²) in [6.07, 6.45) is 4.87. The summed E-state index contributed by atoms with van der Waals surface area (Å²) in [5.74, 6) is -0.312. The number of benzene rings is 2. The first-order chi connectivity index (χ1) is 17.4. The lowest BCUT2D eigenvalue weighted by atomic mass is 9.57. The molecule has 0 spiro atoms. The Morgan fingerprint density at radius 1 is 1.06 bits per heavy atom. The third kappa shape index (κ3) is 3.20. The van der Waals surface area contributed by atoms with E-state index in [9.17, 15) is 10.1 Å². The Morgan fingerprint density at radius 2 is 1.83 bits per heavy atom. The summed E-state index contributed by atoms with van der Waals surface area (Å²) in [4.78, 5) is 27.4. The van der Waals surface area contributed by atoms with Crippen molar-refractivity contribution < 1.29 is 9.18 Å². The number of nitrogens with zero attached hydrogens (tertiary/aromatic N) is 4. The van der Waals surface area contributed by atoms with Gasteiger partial charge in [0.05, 0.1) is 22.5 Å². The molecule has 6 heteroatoms. The number of aromatic nitrogens is 3. The predicted octanol–water partition coefficient (Wildman–Crippen LogP) is 5.99. The number of hydrogen-bond donors (Lipinski definition) is 0. The number of halogens is 1. The zero-order valence-electron chi connectivity index (χ0n) is 20.0. The van der Waals surface area contributed by atoms with Crippen molar-refractivity contribution in [1.29, 1.82) is 5.26 Å². The van der Waals surface area contributed by atoms with E-state index in [2.05, 4.69) is 11.1 Å². The van der Waals surface area contributed by atoms with E-state index < -0.39 is 5.41 Å². The molecule has 0 aliphatic heterocycles. The zero-order chi connectivity index (χ0) is 25.0.